The number of carbonyl (C=O) groups excluding carboxylic acids is 2. The number of anilines is 1. The summed E-state index contributed by atoms with van der Waals surface area (Å²) in [5.74, 6) is 0.316. The van der Waals surface area contributed by atoms with E-state index in [1.54, 1.807) is 48.6 Å². The highest BCUT2D eigenvalue weighted by Gasteiger charge is 2.24. The van der Waals surface area contributed by atoms with Gasteiger partial charge in [0.1, 0.15) is 5.82 Å². The van der Waals surface area contributed by atoms with Gasteiger partial charge in [0.05, 0.1) is 22.8 Å². The molecule has 0 saturated carbocycles. The highest BCUT2D eigenvalue weighted by molar-refractivity contribution is 6.07. The average molecular weight is 543 g/mol. The number of pyridine rings is 1. The average Bonchev–Trinajstić information content (AvgIpc) is 3.68. The molecule has 6 rings (SSSR count). The zero-order chi connectivity index (χ0) is 28.3. The number of aryl methyl sites for hydroxylation is 2. The molecule has 3 aromatic heterocycles. The van der Waals surface area contributed by atoms with Crippen LogP contribution < -0.4 is 10.6 Å². The minimum atomic E-state index is -0.585. The van der Waals surface area contributed by atoms with Crippen LogP contribution >= 0.6 is 0 Å². The molecule has 2 N–H and O–H groups in total. The fourth-order valence-electron chi connectivity index (χ4n) is 4.96. The largest absolute Gasteiger partial charge is 0.443 e. The molecular weight excluding hydrogens is 516 g/mol. The molecule has 202 valence electrons. The Balaban J connectivity index is 1.52. The topological polar surface area (TPSA) is 120 Å². The number of nitrogens with zero attached hydrogens (tertiary/aromatic N) is 5. The molecular formula is C32H26N6O3. The summed E-state index contributed by atoms with van der Waals surface area (Å²) in [6.45, 7) is 0.532. The number of amides is 2. The lowest BCUT2D eigenvalue weighted by Gasteiger charge is -2.17. The number of hydrogen-bond donors (Lipinski definition) is 1. The lowest BCUT2D eigenvalue weighted by atomic mass is 9.98. The van der Waals surface area contributed by atoms with Gasteiger partial charge in [-0.25, -0.2) is 9.97 Å². The monoisotopic (exact) mass is 542 g/mol. The first-order valence-electron chi connectivity index (χ1n) is 13.1. The minimum Gasteiger partial charge on any atom is -0.443 e. The van der Waals surface area contributed by atoms with Crippen molar-refractivity contribution in [3.63, 3.8) is 0 Å². The van der Waals surface area contributed by atoms with Gasteiger partial charge in [-0.05, 0) is 48.5 Å². The molecule has 0 radical (unpaired) electrons. The molecule has 0 atom stereocenters. The van der Waals surface area contributed by atoms with Crippen LogP contribution in [-0.4, -0.2) is 38.4 Å². The molecule has 0 unspecified atom stereocenters. The van der Waals surface area contributed by atoms with E-state index in [4.69, 9.17) is 15.1 Å². The quantitative estimate of drug-likeness (QED) is 0.276. The molecule has 3 aromatic carbocycles. The Bertz CT molecular complexity index is 1850. The van der Waals surface area contributed by atoms with E-state index in [0.717, 1.165) is 11.2 Å². The van der Waals surface area contributed by atoms with Crippen molar-refractivity contribution in [2.45, 2.75) is 13.0 Å². The molecule has 6 aromatic rings. The number of rotatable bonds is 8. The maximum absolute atomic E-state index is 13.2. The second kappa shape index (κ2) is 10.9. The maximum atomic E-state index is 13.2. The van der Waals surface area contributed by atoms with Gasteiger partial charge in [0.25, 0.3) is 5.91 Å². The van der Waals surface area contributed by atoms with Crippen LogP contribution in [0.4, 0.5) is 5.69 Å². The molecule has 0 aliphatic rings. The van der Waals surface area contributed by atoms with E-state index in [0.29, 0.717) is 58.0 Å². The van der Waals surface area contributed by atoms with Gasteiger partial charge in [-0.3, -0.25) is 14.6 Å². The summed E-state index contributed by atoms with van der Waals surface area (Å²) in [4.78, 5) is 41.0. The molecule has 9 nitrogen and oxygen atoms in total. The molecule has 0 saturated heterocycles. The van der Waals surface area contributed by atoms with Gasteiger partial charge in [0.15, 0.2) is 12.2 Å². The zero-order valence-corrected chi connectivity index (χ0v) is 22.3. The number of carbonyl (C=O) groups is 2. The van der Waals surface area contributed by atoms with Crippen molar-refractivity contribution in [2.24, 2.45) is 5.73 Å². The van der Waals surface area contributed by atoms with Crippen LogP contribution in [0.1, 0.15) is 26.4 Å². The van der Waals surface area contributed by atoms with Gasteiger partial charge in [0.2, 0.25) is 5.91 Å². The molecule has 9 heteroatoms. The highest BCUT2D eigenvalue weighted by atomic mass is 16.3. The molecule has 0 aliphatic carbocycles. The summed E-state index contributed by atoms with van der Waals surface area (Å²) in [6.07, 6.45) is 5.32. The maximum Gasteiger partial charge on any atom is 0.258 e. The van der Waals surface area contributed by atoms with Crippen molar-refractivity contribution in [1.29, 1.82) is 0 Å². The highest BCUT2D eigenvalue weighted by Crippen LogP contribution is 2.37. The lowest BCUT2D eigenvalue weighted by molar-refractivity contribution is 0.0988. The lowest BCUT2D eigenvalue weighted by Crippen LogP contribution is -2.26. The third kappa shape index (κ3) is 4.96. The Kier molecular flexibility index (Phi) is 6.83. The SMILES string of the molecule is CN(C(=O)c1ccccc1)c1ccc2c(c1)nc(-c1c(C(N)=O)cccc1-c1cnco1)n2CCc1ccccn1. The predicted octanol–water partition coefficient (Wildman–Crippen LogP) is 5.37. The number of benzene rings is 3. The summed E-state index contributed by atoms with van der Waals surface area (Å²) in [5, 5.41) is 0. The Morgan fingerprint density at radius 2 is 1.80 bits per heavy atom. The number of primary amides is 1. The van der Waals surface area contributed by atoms with Crippen LogP contribution in [0.3, 0.4) is 0 Å². The van der Waals surface area contributed by atoms with Gasteiger partial charge < -0.3 is 19.6 Å². The van der Waals surface area contributed by atoms with E-state index in [1.807, 2.05) is 60.7 Å². The first-order valence-corrected chi connectivity index (χ1v) is 13.1. The standard InChI is InChI=1S/C32H26N6O3/c1-37(32(40)21-8-3-2-4-9-21)23-13-14-27-26(18-23)36-31(38(27)17-15-22-10-5-6-16-35-22)29-24(28-19-34-20-41-28)11-7-12-25(29)30(33)39/h2-14,16,18-20H,15,17H2,1H3,(H2,33,39). The van der Waals surface area contributed by atoms with Gasteiger partial charge in [-0.2, -0.15) is 0 Å². The van der Waals surface area contributed by atoms with Gasteiger partial charge in [0, 0.05) is 54.3 Å². The van der Waals surface area contributed by atoms with Gasteiger partial charge in [-0.15, -0.1) is 0 Å². The van der Waals surface area contributed by atoms with Crippen molar-refractivity contribution in [2.75, 3.05) is 11.9 Å². The molecule has 41 heavy (non-hydrogen) atoms. The van der Waals surface area contributed by atoms with E-state index < -0.39 is 5.91 Å². The Labute approximate surface area is 235 Å². The van der Waals surface area contributed by atoms with E-state index in [-0.39, 0.29) is 5.91 Å². The number of nitrogens with two attached hydrogens (primary N) is 1. The Hall–Kier alpha value is -5.57. The predicted molar refractivity (Wildman–Crippen MR) is 156 cm³/mol. The van der Waals surface area contributed by atoms with Crippen LogP contribution in [0.25, 0.3) is 33.7 Å². The van der Waals surface area contributed by atoms with Crippen LogP contribution in [0, 0.1) is 0 Å². The molecule has 0 aliphatic heterocycles. The van der Waals surface area contributed by atoms with Crippen molar-refractivity contribution < 1.29 is 14.0 Å². The summed E-state index contributed by atoms with van der Waals surface area (Å²) >= 11 is 0. The van der Waals surface area contributed by atoms with Gasteiger partial charge in [-0.1, -0.05) is 36.4 Å². The van der Waals surface area contributed by atoms with Crippen LogP contribution in [0.15, 0.2) is 108 Å². The van der Waals surface area contributed by atoms with E-state index in [9.17, 15) is 9.59 Å². The van der Waals surface area contributed by atoms with Crippen molar-refractivity contribution in [3.8, 4) is 22.7 Å². The molecule has 0 bridgehead atoms. The smallest absolute Gasteiger partial charge is 0.258 e. The third-order valence-corrected chi connectivity index (χ3v) is 7.01. The molecule has 0 fully saturated rings. The second-order valence-electron chi connectivity index (χ2n) is 9.52. The Morgan fingerprint density at radius 1 is 0.976 bits per heavy atom. The number of oxazole rings is 1. The van der Waals surface area contributed by atoms with Crippen molar-refractivity contribution in [1.82, 2.24) is 19.5 Å². The molecule has 2 amide bonds. The number of fused-ring (bicyclic) bond motifs is 1. The molecule has 3 heterocycles. The normalized spacial score (nSPS) is 11.0. The first kappa shape index (κ1) is 25.7. The third-order valence-electron chi connectivity index (χ3n) is 7.01. The van der Waals surface area contributed by atoms with Crippen LogP contribution in [-0.2, 0) is 13.0 Å². The first-order chi connectivity index (χ1) is 20.0. The fourth-order valence-corrected chi connectivity index (χ4v) is 4.96. The number of imidazole rings is 1. The van der Waals surface area contributed by atoms with Crippen molar-refractivity contribution in [3.05, 3.63) is 121 Å². The number of hydrogen-bond acceptors (Lipinski definition) is 6. The van der Waals surface area contributed by atoms with E-state index in [2.05, 4.69) is 14.5 Å². The summed E-state index contributed by atoms with van der Waals surface area (Å²) in [6, 6.07) is 25.9. The molecule has 0 spiro atoms. The second-order valence-corrected chi connectivity index (χ2v) is 9.52. The summed E-state index contributed by atoms with van der Waals surface area (Å²) in [5.41, 5.74) is 11.0. The zero-order valence-electron chi connectivity index (χ0n) is 22.3. The minimum absolute atomic E-state index is 0.133. The van der Waals surface area contributed by atoms with Crippen LogP contribution in [0.5, 0.6) is 0 Å². The number of aromatic nitrogens is 4. The van der Waals surface area contributed by atoms with E-state index in [1.165, 1.54) is 6.39 Å². The Morgan fingerprint density at radius 3 is 2.54 bits per heavy atom. The van der Waals surface area contributed by atoms with E-state index >= 15 is 0 Å². The fraction of sp³-hybridized carbons (Fsp3) is 0.0938. The summed E-state index contributed by atoms with van der Waals surface area (Å²) < 4.78 is 7.67. The summed E-state index contributed by atoms with van der Waals surface area (Å²) in [7, 11) is 1.74. The van der Waals surface area contributed by atoms with Crippen molar-refractivity contribution >= 4 is 28.5 Å². The van der Waals surface area contributed by atoms with Gasteiger partial charge >= 0.3 is 0 Å². The van der Waals surface area contributed by atoms with Crippen LogP contribution in [0.2, 0.25) is 0 Å².